The third kappa shape index (κ3) is 4.17. The van der Waals surface area contributed by atoms with Crippen LogP contribution in [0.3, 0.4) is 0 Å². The topological polar surface area (TPSA) is 52.7 Å². The maximum Gasteiger partial charge on any atom is 0.251 e. The molecule has 1 unspecified atom stereocenters. The first-order valence-electron chi connectivity index (χ1n) is 8.98. The highest BCUT2D eigenvalue weighted by atomic mass is 19.1. The largest absolute Gasteiger partial charge is 0.350 e. The third-order valence-electron chi connectivity index (χ3n) is 4.93. The Morgan fingerprint density at radius 2 is 2.00 bits per heavy atom. The minimum absolute atomic E-state index is 0.00914. The van der Waals surface area contributed by atoms with Gasteiger partial charge in [-0.1, -0.05) is 12.1 Å². The van der Waals surface area contributed by atoms with E-state index >= 15 is 0 Å². The van der Waals surface area contributed by atoms with Crippen LogP contribution in [0.25, 0.3) is 0 Å². The van der Waals surface area contributed by atoms with E-state index in [4.69, 9.17) is 0 Å². The van der Waals surface area contributed by atoms with Gasteiger partial charge in [0.1, 0.15) is 5.82 Å². The second kappa shape index (κ2) is 7.88. The molecule has 6 heteroatoms. The fourth-order valence-corrected chi connectivity index (χ4v) is 3.47. The maximum absolute atomic E-state index is 13.5. The Hall–Kier alpha value is -2.73. The molecule has 1 atom stereocenters. The van der Waals surface area contributed by atoms with Crippen LogP contribution in [0.15, 0.2) is 42.5 Å². The summed E-state index contributed by atoms with van der Waals surface area (Å²) >= 11 is 0. The van der Waals surface area contributed by atoms with Crippen LogP contribution in [-0.2, 0) is 11.2 Å². The second-order valence-corrected chi connectivity index (χ2v) is 7.01. The number of rotatable bonds is 5. The highest BCUT2D eigenvalue weighted by Gasteiger charge is 2.23. The Kier molecular flexibility index (Phi) is 5.56. The first kappa shape index (κ1) is 19.0. The molecule has 0 fully saturated rings. The molecule has 2 aromatic carbocycles. The summed E-state index contributed by atoms with van der Waals surface area (Å²) in [5.74, 6) is -0.462. The van der Waals surface area contributed by atoms with Gasteiger partial charge >= 0.3 is 0 Å². The van der Waals surface area contributed by atoms with Crippen molar-refractivity contribution in [1.82, 2.24) is 10.2 Å². The van der Waals surface area contributed by atoms with Crippen molar-refractivity contribution in [3.8, 4) is 0 Å². The van der Waals surface area contributed by atoms with E-state index in [1.54, 1.807) is 24.0 Å². The monoisotopic (exact) mass is 369 g/mol. The maximum atomic E-state index is 13.5. The molecule has 0 saturated carbocycles. The number of amides is 2. The molecule has 1 N–H and O–H groups in total. The predicted molar refractivity (Wildman–Crippen MR) is 103 cm³/mol. The number of benzene rings is 2. The molecule has 2 amide bonds. The zero-order chi connectivity index (χ0) is 19.6. The average Bonchev–Trinajstić information content (AvgIpc) is 3.05. The minimum atomic E-state index is -0.292. The molecule has 0 spiro atoms. The van der Waals surface area contributed by atoms with Crippen molar-refractivity contribution < 1.29 is 14.0 Å². The van der Waals surface area contributed by atoms with Gasteiger partial charge < -0.3 is 15.1 Å². The Balaban J connectivity index is 1.71. The smallest absolute Gasteiger partial charge is 0.251 e. The number of likely N-dealkylation sites (N-methyl/N-ethyl adjacent to an activating group) is 1. The first-order valence-corrected chi connectivity index (χ1v) is 8.98. The lowest BCUT2D eigenvalue weighted by Gasteiger charge is -2.25. The molecule has 3 rings (SSSR count). The number of hydrogen-bond acceptors (Lipinski definition) is 3. The number of hydrogen-bond donors (Lipinski definition) is 1. The van der Waals surface area contributed by atoms with Gasteiger partial charge in [0.2, 0.25) is 5.91 Å². The lowest BCUT2D eigenvalue weighted by atomic mass is 10.0. The fraction of sp³-hybridized carbons (Fsp3) is 0.333. The van der Waals surface area contributed by atoms with E-state index in [9.17, 15) is 14.0 Å². The Morgan fingerprint density at radius 1 is 1.22 bits per heavy atom. The number of nitrogens with one attached hydrogen (secondary N) is 1. The summed E-state index contributed by atoms with van der Waals surface area (Å²) in [6.07, 6.45) is 0.750. The molecule has 1 heterocycles. The van der Waals surface area contributed by atoms with Crippen LogP contribution < -0.4 is 10.2 Å². The van der Waals surface area contributed by atoms with E-state index in [1.807, 2.05) is 37.2 Å². The number of nitrogens with zero attached hydrogens (tertiary/aromatic N) is 2. The Morgan fingerprint density at radius 3 is 2.67 bits per heavy atom. The van der Waals surface area contributed by atoms with Gasteiger partial charge in [0, 0.05) is 31.3 Å². The van der Waals surface area contributed by atoms with Crippen molar-refractivity contribution in [3.63, 3.8) is 0 Å². The Bertz CT molecular complexity index is 866. The molecule has 27 heavy (non-hydrogen) atoms. The number of carbonyl (C=O) groups is 2. The molecule has 5 nitrogen and oxygen atoms in total. The highest BCUT2D eigenvalue weighted by molar-refractivity contribution is 5.97. The van der Waals surface area contributed by atoms with Gasteiger partial charge in [-0.25, -0.2) is 4.39 Å². The van der Waals surface area contributed by atoms with Gasteiger partial charge in [0.25, 0.3) is 5.91 Å². The normalized spacial score (nSPS) is 14.2. The quantitative estimate of drug-likeness (QED) is 0.882. The molecule has 2 aromatic rings. The summed E-state index contributed by atoms with van der Waals surface area (Å²) in [7, 11) is 3.79. The van der Waals surface area contributed by atoms with Crippen LogP contribution in [0, 0.1) is 5.82 Å². The van der Waals surface area contributed by atoms with Crippen LogP contribution in [0.1, 0.15) is 34.5 Å². The summed E-state index contributed by atoms with van der Waals surface area (Å²) in [5, 5.41) is 2.94. The molecule has 0 saturated heterocycles. The average molecular weight is 369 g/mol. The number of halogens is 1. The summed E-state index contributed by atoms with van der Waals surface area (Å²) in [6, 6.07) is 11.7. The van der Waals surface area contributed by atoms with Crippen molar-refractivity contribution in [3.05, 3.63) is 65.0 Å². The molecular weight excluding hydrogens is 345 g/mol. The van der Waals surface area contributed by atoms with E-state index in [2.05, 4.69) is 5.32 Å². The summed E-state index contributed by atoms with van der Waals surface area (Å²) in [5.41, 5.74) is 3.26. The van der Waals surface area contributed by atoms with Crippen LogP contribution >= 0.6 is 0 Å². The molecule has 1 aliphatic rings. The van der Waals surface area contributed by atoms with Gasteiger partial charge in [-0.15, -0.1) is 0 Å². The van der Waals surface area contributed by atoms with Crippen LogP contribution in [-0.4, -0.2) is 43.9 Å². The van der Waals surface area contributed by atoms with Crippen LogP contribution in [0.2, 0.25) is 0 Å². The molecule has 142 valence electrons. The van der Waals surface area contributed by atoms with Gasteiger partial charge in [0.15, 0.2) is 0 Å². The molecule has 0 aromatic heterocycles. The Labute approximate surface area is 158 Å². The predicted octanol–water partition coefficient (Wildman–Crippen LogP) is 2.77. The minimum Gasteiger partial charge on any atom is -0.350 e. The second-order valence-electron chi connectivity index (χ2n) is 7.01. The number of carbonyl (C=O) groups excluding carboxylic acids is 2. The van der Waals surface area contributed by atoms with Gasteiger partial charge in [-0.2, -0.15) is 0 Å². The third-order valence-corrected chi connectivity index (χ3v) is 4.93. The highest BCUT2D eigenvalue weighted by Crippen LogP contribution is 2.29. The van der Waals surface area contributed by atoms with E-state index in [-0.39, 0.29) is 23.7 Å². The SMILES string of the molecule is CC(=O)N1CCc2cc(C(=O)NCC(c3cccc(F)c3)N(C)C)ccc21. The van der Waals surface area contributed by atoms with Crippen molar-refractivity contribution in [2.75, 3.05) is 32.1 Å². The van der Waals surface area contributed by atoms with E-state index in [1.165, 1.54) is 12.1 Å². The lowest BCUT2D eigenvalue weighted by molar-refractivity contribution is -0.116. The van der Waals surface area contributed by atoms with Crippen molar-refractivity contribution in [1.29, 1.82) is 0 Å². The van der Waals surface area contributed by atoms with E-state index < -0.39 is 0 Å². The van der Waals surface area contributed by atoms with Crippen LogP contribution in [0.4, 0.5) is 10.1 Å². The van der Waals surface area contributed by atoms with Gasteiger partial charge in [-0.05, 0) is 62.0 Å². The lowest BCUT2D eigenvalue weighted by Crippen LogP contribution is -2.34. The zero-order valence-corrected chi connectivity index (χ0v) is 15.8. The van der Waals surface area contributed by atoms with Crippen molar-refractivity contribution in [2.24, 2.45) is 0 Å². The number of fused-ring (bicyclic) bond motifs is 1. The number of anilines is 1. The first-order chi connectivity index (χ1) is 12.9. The van der Waals surface area contributed by atoms with Gasteiger partial charge in [0.05, 0.1) is 6.04 Å². The van der Waals surface area contributed by atoms with E-state index in [0.717, 1.165) is 23.2 Å². The van der Waals surface area contributed by atoms with Crippen molar-refractivity contribution >= 4 is 17.5 Å². The zero-order valence-electron chi connectivity index (χ0n) is 15.8. The molecule has 0 aliphatic carbocycles. The molecule has 0 bridgehead atoms. The molecule has 0 radical (unpaired) electrons. The van der Waals surface area contributed by atoms with Crippen LogP contribution in [0.5, 0.6) is 0 Å². The molecular formula is C21H24FN3O2. The van der Waals surface area contributed by atoms with E-state index in [0.29, 0.717) is 18.7 Å². The fourth-order valence-electron chi connectivity index (χ4n) is 3.47. The summed E-state index contributed by atoms with van der Waals surface area (Å²) in [6.45, 7) is 2.56. The summed E-state index contributed by atoms with van der Waals surface area (Å²) < 4.78 is 13.5. The standard InChI is InChI=1S/C21H24FN3O2/c1-14(26)25-10-9-16-11-17(7-8-19(16)25)21(27)23-13-20(24(2)3)15-5-4-6-18(22)12-15/h4-8,11-12,20H,9-10,13H2,1-3H3,(H,23,27). The van der Waals surface area contributed by atoms with Gasteiger partial charge in [-0.3, -0.25) is 9.59 Å². The molecule has 1 aliphatic heterocycles. The van der Waals surface area contributed by atoms with Crippen molar-refractivity contribution in [2.45, 2.75) is 19.4 Å². The summed E-state index contributed by atoms with van der Waals surface area (Å²) in [4.78, 5) is 27.9.